The molecule has 2 nitrogen and oxygen atoms in total. The molecular formula is C33H69NO. The van der Waals surface area contributed by atoms with Gasteiger partial charge >= 0.3 is 0 Å². The quantitative estimate of drug-likeness (QED) is 0.102. The van der Waals surface area contributed by atoms with Crippen LogP contribution in [0.4, 0.5) is 0 Å². The third-order valence-electron chi connectivity index (χ3n) is 9.74. The maximum Gasteiger partial charge on any atom is 0.102 e. The van der Waals surface area contributed by atoms with Gasteiger partial charge < -0.3 is 9.96 Å². The molecule has 0 spiro atoms. The van der Waals surface area contributed by atoms with E-state index in [0.717, 1.165) is 5.92 Å². The van der Waals surface area contributed by atoms with Gasteiger partial charge in [-0.25, -0.2) is 0 Å². The van der Waals surface area contributed by atoms with E-state index < -0.39 is 0 Å². The van der Waals surface area contributed by atoms with Gasteiger partial charge in [0.2, 0.25) is 0 Å². The smallest absolute Gasteiger partial charge is 0.102 e. The lowest BCUT2D eigenvalue weighted by Gasteiger charge is -2.56. The number of hydrogen-bond donors (Lipinski definition) is 0. The van der Waals surface area contributed by atoms with Gasteiger partial charge in [-0.15, -0.1) is 0 Å². The molecule has 1 fully saturated rings. The highest BCUT2D eigenvalue weighted by atomic mass is 16.0. The van der Waals surface area contributed by atoms with Gasteiger partial charge in [-0.05, 0) is 44.9 Å². The predicted molar refractivity (Wildman–Crippen MR) is 158 cm³/mol. The van der Waals surface area contributed by atoms with Crippen molar-refractivity contribution >= 4 is 0 Å². The van der Waals surface area contributed by atoms with Crippen LogP contribution in [-0.2, 0) is 0 Å². The second-order valence-electron chi connectivity index (χ2n) is 12.3. The third-order valence-corrected chi connectivity index (χ3v) is 9.74. The highest BCUT2D eigenvalue weighted by Crippen LogP contribution is 2.45. The van der Waals surface area contributed by atoms with Crippen molar-refractivity contribution in [1.82, 2.24) is 0 Å². The van der Waals surface area contributed by atoms with Gasteiger partial charge in [0.1, 0.15) is 5.54 Å². The second kappa shape index (κ2) is 22.0. The summed E-state index contributed by atoms with van der Waals surface area (Å²) in [7, 11) is 2.68. The first kappa shape index (κ1) is 34.9. The van der Waals surface area contributed by atoms with Gasteiger partial charge in [0.25, 0.3) is 0 Å². The SMILES string of the molecule is CCCCCCCCCCCCCCCC[N+](C)(CCC)C(CC)(CCCC)C1CCCCC1.[OH-]. The Hall–Kier alpha value is -0.0800. The van der Waals surface area contributed by atoms with Crippen molar-refractivity contribution in [2.75, 3.05) is 20.1 Å². The maximum absolute atomic E-state index is 2.68. The van der Waals surface area contributed by atoms with E-state index in [0.29, 0.717) is 5.54 Å². The summed E-state index contributed by atoms with van der Waals surface area (Å²) >= 11 is 0. The Labute approximate surface area is 223 Å². The Bertz CT molecular complexity index is 446. The summed E-state index contributed by atoms with van der Waals surface area (Å²) in [5.74, 6) is 0.973. The molecule has 1 rings (SSSR count). The van der Waals surface area contributed by atoms with Crippen LogP contribution in [0, 0.1) is 5.92 Å². The summed E-state index contributed by atoms with van der Waals surface area (Å²) in [5.41, 5.74) is 0.545. The average molecular weight is 496 g/mol. The van der Waals surface area contributed by atoms with Crippen LogP contribution in [0.25, 0.3) is 0 Å². The highest BCUT2D eigenvalue weighted by Gasteiger charge is 2.50. The molecule has 0 aliphatic heterocycles. The lowest BCUT2D eigenvalue weighted by atomic mass is 9.68. The van der Waals surface area contributed by atoms with Crippen molar-refractivity contribution in [2.24, 2.45) is 5.92 Å². The van der Waals surface area contributed by atoms with Gasteiger partial charge in [0.05, 0.1) is 20.1 Å². The van der Waals surface area contributed by atoms with Crippen LogP contribution in [0.3, 0.4) is 0 Å². The zero-order chi connectivity index (χ0) is 25.0. The Kier molecular flexibility index (Phi) is 21.9. The number of unbranched alkanes of at least 4 members (excludes halogenated alkanes) is 14. The van der Waals surface area contributed by atoms with Gasteiger partial charge in [0.15, 0.2) is 0 Å². The summed E-state index contributed by atoms with van der Waals surface area (Å²) in [4.78, 5) is 0. The number of quaternary nitrogens is 1. The van der Waals surface area contributed by atoms with E-state index in [1.54, 1.807) is 0 Å². The number of nitrogens with zero attached hydrogens (tertiary/aromatic N) is 1. The van der Waals surface area contributed by atoms with Gasteiger partial charge in [-0.3, -0.25) is 0 Å². The Morgan fingerprint density at radius 2 is 1.00 bits per heavy atom. The topological polar surface area (TPSA) is 30.0 Å². The molecule has 1 aliphatic carbocycles. The van der Waals surface area contributed by atoms with Crippen LogP contribution in [0.1, 0.15) is 182 Å². The summed E-state index contributed by atoms with van der Waals surface area (Å²) in [6.45, 7) is 12.5. The molecule has 35 heavy (non-hydrogen) atoms. The molecule has 1 aliphatic rings. The van der Waals surface area contributed by atoms with Crippen molar-refractivity contribution in [3.8, 4) is 0 Å². The Balaban J connectivity index is 0.0000116. The van der Waals surface area contributed by atoms with E-state index in [1.165, 1.54) is 172 Å². The zero-order valence-corrected chi connectivity index (χ0v) is 25.4. The molecule has 0 saturated heterocycles. The molecule has 2 atom stereocenters. The van der Waals surface area contributed by atoms with E-state index in [-0.39, 0.29) is 5.48 Å². The minimum Gasteiger partial charge on any atom is -0.870 e. The minimum absolute atomic E-state index is 0. The fraction of sp³-hybridized carbons (Fsp3) is 1.00. The molecule has 0 bridgehead atoms. The van der Waals surface area contributed by atoms with Gasteiger partial charge in [-0.2, -0.15) is 0 Å². The van der Waals surface area contributed by atoms with Crippen molar-refractivity contribution in [1.29, 1.82) is 0 Å². The zero-order valence-electron chi connectivity index (χ0n) is 25.4. The number of rotatable bonds is 23. The van der Waals surface area contributed by atoms with E-state index in [2.05, 4.69) is 34.7 Å². The molecule has 1 N–H and O–H groups in total. The standard InChI is InChI=1S/C33H68N.H2O/c1-6-10-12-13-14-15-16-17-18-19-20-21-22-26-31-34(5,30-8-3)33(9-4,29-11-7-2)32-27-24-23-25-28-32;/h32H,6-31H2,1-5H3;1H2/q+1;/p-1. The van der Waals surface area contributed by atoms with Crippen molar-refractivity contribution in [3.63, 3.8) is 0 Å². The molecular weight excluding hydrogens is 426 g/mol. The lowest BCUT2D eigenvalue weighted by Crippen LogP contribution is -2.66. The summed E-state index contributed by atoms with van der Waals surface area (Å²) in [6.07, 6.45) is 35.0. The monoisotopic (exact) mass is 496 g/mol. The Morgan fingerprint density at radius 3 is 1.43 bits per heavy atom. The first-order valence-electron chi connectivity index (χ1n) is 16.4. The minimum atomic E-state index is 0. The number of hydrogen-bond acceptors (Lipinski definition) is 1. The summed E-state index contributed by atoms with van der Waals surface area (Å²) in [6, 6.07) is 0. The van der Waals surface area contributed by atoms with Crippen molar-refractivity contribution in [3.05, 3.63) is 0 Å². The van der Waals surface area contributed by atoms with E-state index in [9.17, 15) is 0 Å². The van der Waals surface area contributed by atoms with Crippen molar-refractivity contribution < 1.29 is 9.96 Å². The molecule has 0 heterocycles. The van der Waals surface area contributed by atoms with E-state index in [1.807, 2.05) is 0 Å². The predicted octanol–water partition coefficient (Wildman–Crippen LogP) is 11.1. The fourth-order valence-corrected chi connectivity index (χ4v) is 7.59. The van der Waals surface area contributed by atoms with Crippen LogP contribution >= 0.6 is 0 Å². The third kappa shape index (κ3) is 12.8. The van der Waals surface area contributed by atoms with E-state index in [4.69, 9.17) is 0 Å². The highest BCUT2D eigenvalue weighted by molar-refractivity contribution is 4.90. The molecule has 0 aromatic carbocycles. The van der Waals surface area contributed by atoms with Crippen LogP contribution in [-0.4, -0.2) is 35.6 Å². The molecule has 2 unspecified atom stereocenters. The van der Waals surface area contributed by atoms with Crippen LogP contribution in [0.2, 0.25) is 0 Å². The first-order valence-corrected chi connectivity index (χ1v) is 16.4. The molecule has 2 heteroatoms. The molecule has 0 aromatic rings. The molecule has 0 radical (unpaired) electrons. The first-order chi connectivity index (χ1) is 16.6. The fourth-order valence-electron chi connectivity index (χ4n) is 7.59. The molecule has 0 aromatic heterocycles. The van der Waals surface area contributed by atoms with Crippen molar-refractivity contribution in [2.45, 2.75) is 187 Å². The average Bonchev–Trinajstić information content (AvgIpc) is 2.86. The largest absolute Gasteiger partial charge is 0.870 e. The molecule has 0 amide bonds. The van der Waals surface area contributed by atoms with Crippen LogP contribution in [0.5, 0.6) is 0 Å². The normalized spacial score (nSPS) is 18.1. The molecule has 212 valence electrons. The van der Waals surface area contributed by atoms with Crippen LogP contribution in [0.15, 0.2) is 0 Å². The van der Waals surface area contributed by atoms with Gasteiger partial charge in [0, 0.05) is 12.3 Å². The summed E-state index contributed by atoms with van der Waals surface area (Å²) < 4.78 is 1.38. The molecule has 1 saturated carbocycles. The van der Waals surface area contributed by atoms with E-state index >= 15 is 0 Å². The Morgan fingerprint density at radius 1 is 0.543 bits per heavy atom. The van der Waals surface area contributed by atoms with Gasteiger partial charge in [-0.1, -0.05) is 130 Å². The summed E-state index contributed by atoms with van der Waals surface area (Å²) in [5, 5.41) is 0. The lowest BCUT2D eigenvalue weighted by molar-refractivity contribution is -0.965. The maximum atomic E-state index is 2.68. The van der Waals surface area contributed by atoms with Crippen LogP contribution < -0.4 is 0 Å². The second-order valence-corrected chi connectivity index (χ2v) is 12.3.